The number of carbonyl (C=O) groups is 3. The van der Waals surface area contributed by atoms with Crippen molar-refractivity contribution < 1.29 is 24.0 Å². The fourth-order valence-corrected chi connectivity index (χ4v) is 4.28. The molecule has 3 rings (SSSR count). The number of likely N-dealkylation sites (tertiary alicyclic amines) is 1. The van der Waals surface area contributed by atoms with Crippen LogP contribution in [-0.2, 0) is 14.4 Å². The summed E-state index contributed by atoms with van der Waals surface area (Å²) in [7, 11) is 0. The molecule has 2 bridgehead atoms. The first-order valence-electron chi connectivity index (χ1n) is 11.5. The first-order chi connectivity index (χ1) is 14.5. The minimum atomic E-state index is -0.439. The Morgan fingerprint density at radius 1 is 1.03 bits per heavy atom. The van der Waals surface area contributed by atoms with E-state index in [0.29, 0.717) is 52.1 Å². The van der Waals surface area contributed by atoms with E-state index < -0.39 is 6.04 Å². The zero-order valence-electron chi connectivity index (χ0n) is 18.3. The van der Waals surface area contributed by atoms with Gasteiger partial charge in [-0.2, -0.15) is 5.06 Å². The minimum absolute atomic E-state index is 0.0181. The van der Waals surface area contributed by atoms with Crippen molar-refractivity contribution >= 4 is 18.0 Å². The van der Waals surface area contributed by atoms with Crippen molar-refractivity contribution in [2.45, 2.75) is 83.3 Å². The zero-order chi connectivity index (χ0) is 21.5. The lowest BCUT2D eigenvalue weighted by atomic mass is 9.99. The van der Waals surface area contributed by atoms with Crippen LogP contribution in [0.4, 0.5) is 9.59 Å². The number of nitrogens with one attached hydrogen (secondary N) is 1. The molecule has 170 valence electrons. The van der Waals surface area contributed by atoms with Crippen molar-refractivity contribution in [2.24, 2.45) is 0 Å². The first-order valence-corrected chi connectivity index (χ1v) is 11.5. The zero-order valence-corrected chi connectivity index (χ0v) is 18.3. The quantitative estimate of drug-likeness (QED) is 0.574. The van der Waals surface area contributed by atoms with Gasteiger partial charge in [-0.15, -0.1) is 0 Å². The molecule has 0 spiro atoms. The van der Waals surface area contributed by atoms with Crippen molar-refractivity contribution in [1.82, 2.24) is 20.2 Å². The molecule has 0 aliphatic carbocycles. The molecule has 0 aromatic rings. The fourth-order valence-electron chi connectivity index (χ4n) is 4.28. The molecule has 1 unspecified atom stereocenters. The SMILES string of the molecule is CCCCOC(=O)N1CCC(NC(=O)[C@@H]2CCC3CN2C(=O)N3OCCCC)CC1. The molecule has 0 aromatic carbocycles. The lowest BCUT2D eigenvalue weighted by Crippen LogP contribution is -2.54. The second-order valence-corrected chi connectivity index (χ2v) is 8.43. The Bertz CT molecular complexity index is 608. The molecule has 3 aliphatic rings. The highest BCUT2D eigenvalue weighted by Crippen LogP contribution is 2.30. The van der Waals surface area contributed by atoms with Crippen LogP contribution in [0.1, 0.15) is 65.2 Å². The summed E-state index contributed by atoms with van der Waals surface area (Å²) in [6.07, 6.45) is 6.34. The molecular formula is C21H36N4O5. The van der Waals surface area contributed by atoms with Gasteiger partial charge in [0.05, 0.1) is 19.3 Å². The second kappa shape index (κ2) is 10.8. The lowest BCUT2D eigenvalue weighted by molar-refractivity contribution is -0.131. The Morgan fingerprint density at radius 2 is 1.73 bits per heavy atom. The highest BCUT2D eigenvalue weighted by Gasteiger charge is 2.48. The third-order valence-electron chi connectivity index (χ3n) is 6.18. The van der Waals surface area contributed by atoms with Gasteiger partial charge in [-0.25, -0.2) is 9.59 Å². The predicted molar refractivity (Wildman–Crippen MR) is 111 cm³/mol. The summed E-state index contributed by atoms with van der Waals surface area (Å²) >= 11 is 0. The number of urea groups is 1. The highest BCUT2D eigenvalue weighted by atomic mass is 16.7. The molecule has 1 N–H and O–H groups in total. The van der Waals surface area contributed by atoms with Gasteiger partial charge in [0.15, 0.2) is 0 Å². The number of carbonyl (C=O) groups excluding carboxylic acids is 3. The number of amides is 4. The topological polar surface area (TPSA) is 91.4 Å². The van der Waals surface area contributed by atoms with Crippen LogP contribution < -0.4 is 5.32 Å². The van der Waals surface area contributed by atoms with Crippen LogP contribution >= 0.6 is 0 Å². The third kappa shape index (κ3) is 5.36. The molecule has 3 fully saturated rings. The molecule has 4 amide bonds. The van der Waals surface area contributed by atoms with E-state index >= 15 is 0 Å². The summed E-state index contributed by atoms with van der Waals surface area (Å²) in [5, 5.41) is 4.58. The minimum Gasteiger partial charge on any atom is -0.449 e. The van der Waals surface area contributed by atoms with Gasteiger partial charge in [0.1, 0.15) is 6.04 Å². The van der Waals surface area contributed by atoms with E-state index in [1.54, 1.807) is 9.80 Å². The third-order valence-corrected chi connectivity index (χ3v) is 6.18. The number of fused-ring (bicyclic) bond motifs is 2. The Morgan fingerprint density at radius 3 is 2.43 bits per heavy atom. The number of nitrogens with zero attached hydrogens (tertiary/aromatic N) is 3. The van der Waals surface area contributed by atoms with Gasteiger partial charge in [0, 0.05) is 25.7 Å². The Balaban J connectivity index is 1.44. The fraction of sp³-hybridized carbons (Fsp3) is 0.857. The number of rotatable bonds is 9. The average molecular weight is 425 g/mol. The molecule has 0 saturated carbocycles. The smallest absolute Gasteiger partial charge is 0.409 e. The van der Waals surface area contributed by atoms with Gasteiger partial charge in [-0.3, -0.25) is 9.63 Å². The van der Waals surface area contributed by atoms with Crippen LogP contribution in [0.2, 0.25) is 0 Å². The first kappa shape index (κ1) is 22.7. The van der Waals surface area contributed by atoms with Crippen molar-refractivity contribution in [2.75, 3.05) is 32.8 Å². The number of ether oxygens (including phenoxy) is 1. The molecule has 9 nitrogen and oxygen atoms in total. The Kier molecular flexibility index (Phi) is 8.18. The number of piperidine rings is 2. The van der Waals surface area contributed by atoms with Gasteiger partial charge >= 0.3 is 12.1 Å². The number of hydroxylamine groups is 2. The molecule has 3 heterocycles. The monoisotopic (exact) mass is 424 g/mol. The van der Waals surface area contributed by atoms with Crippen LogP contribution in [0.3, 0.4) is 0 Å². The predicted octanol–water partition coefficient (Wildman–Crippen LogP) is 2.50. The van der Waals surface area contributed by atoms with Gasteiger partial charge in [-0.1, -0.05) is 26.7 Å². The van der Waals surface area contributed by atoms with E-state index in [1.807, 2.05) is 0 Å². The summed E-state index contributed by atoms with van der Waals surface area (Å²) < 4.78 is 5.26. The van der Waals surface area contributed by atoms with E-state index in [9.17, 15) is 14.4 Å². The van der Waals surface area contributed by atoms with Crippen molar-refractivity contribution in [3.05, 3.63) is 0 Å². The van der Waals surface area contributed by atoms with E-state index in [2.05, 4.69) is 19.2 Å². The molecule has 3 saturated heterocycles. The lowest BCUT2D eigenvalue weighted by Gasteiger charge is -2.34. The van der Waals surface area contributed by atoms with Gasteiger partial charge < -0.3 is 19.9 Å². The molecule has 3 aliphatic heterocycles. The molecule has 0 aromatic heterocycles. The largest absolute Gasteiger partial charge is 0.449 e. The van der Waals surface area contributed by atoms with E-state index in [4.69, 9.17) is 9.57 Å². The summed E-state index contributed by atoms with van der Waals surface area (Å²) in [6, 6.07) is -0.575. The average Bonchev–Trinajstić information content (AvgIpc) is 2.99. The van der Waals surface area contributed by atoms with Crippen molar-refractivity contribution in [3.63, 3.8) is 0 Å². The maximum atomic E-state index is 12.9. The van der Waals surface area contributed by atoms with Gasteiger partial charge in [-0.05, 0) is 38.5 Å². The van der Waals surface area contributed by atoms with Crippen LogP contribution in [0, 0.1) is 0 Å². The molecule has 2 atom stereocenters. The summed E-state index contributed by atoms with van der Waals surface area (Å²) in [4.78, 5) is 46.7. The van der Waals surface area contributed by atoms with E-state index in [0.717, 1.165) is 32.1 Å². The number of hydrogen-bond acceptors (Lipinski definition) is 5. The van der Waals surface area contributed by atoms with Crippen LogP contribution in [0.5, 0.6) is 0 Å². The number of hydrogen-bond donors (Lipinski definition) is 1. The maximum Gasteiger partial charge on any atom is 0.409 e. The highest BCUT2D eigenvalue weighted by molar-refractivity contribution is 5.88. The summed E-state index contributed by atoms with van der Waals surface area (Å²) in [6.45, 7) is 6.82. The summed E-state index contributed by atoms with van der Waals surface area (Å²) in [5.41, 5.74) is 0. The maximum absolute atomic E-state index is 12.9. The van der Waals surface area contributed by atoms with E-state index in [1.165, 1.54) is 5.06 Å². The second-order valence-electron chi connectivity index (χ2n) is 8.43. The molecular weight excluding hydrogens is 388 g/mol. The Hall–Kier alpha value is -2.03. The van der Waals surface area contributed by atoms with Gasteiger partial charge in [0.2, 0.25) is 5.91 Å². The Labute approximate surface area is 179 Å². The van der Waals surface area contributed by atoms with Crippen molar-refractivity contribution in [1.29, 1.82) is 0 Å². The normalized spacial score (nSPS) is 24.3. The van der Waals surface area contributed by atoms with Crippen molar-refractivity contribution in [3.8, 4) is 0 Å². The van der Waals surface area contributed by atoms with Crippen LogP contribution in [-0.4, -0.2) is 83.9 Å². The molecule has 30 heavy (non-hydrogen) atoms. The summed E-state index contributed by atoms with van der Waals surface area (Å²) in [5.74, 6) is -0.0961. The molecule has 9 heteroatoms. The molecule has 0 radical (unpaired) electrons. The van der Waals surface area contributed by atoms with Gasteiger partial charge in [0.25, 0.3) is 0 Å². The van der Waals surface area contributed by atoms with Crippen LogP contribution in [0.15, 0.2) is 0 Å². The van der Waals surface area contributed by atoms with E-state index in [-0.39, 0.29) is 30.1 Å². The number of unbranched alkanes of at least 4 members (excludes halogenated alkanes) is 2. The van der Waals surface area contributed by atoms with Crippen LogP contribution in [0.25, 0.3) is 0 Å². The standard InChI is InChI=1S/C21H36N4O5/c1-3-5-13-29-21(28)23-11-9-16(10-12-23)22-19(26)18-8-7-17-15-24(18)20(27)25(17)30-14-6-4-2/h16-18H,3-15H2,1-2H3,(H,22,26)/t17?,18-/m0/s1.